The zero-order chi connectivity index (χ0) is 17.1. The number of hydrogen-bond acceptors (Lipinski definition) is 5. The van der Waals surface area contributed by atoms with Crippen molar-refractivity contribution in [2.45, 2.75) is 30.9 Å². The number of nitrogens with one attached hydrogen (secondary N) is 1. The zero-order valence-electron chi connectivity index (χ0n) is 12.7. The highest BCUT2D eigenvalue weighted by Gasteiger charge is 2.18. The number of nitrogens with two attached hydrogens (primary N) is 1. The molecule has 3 N–H and O–H groups in total. The smallest absolute Gasteiger partial charge is 0.251 e. The molecule has 22 heavy (non-hydrogen) atoms. The van der Waals surface area contributed by atoms with Crippen LogP contribution >= 0.6 is 0 Å². The average Bonchev–Trinajstić information content (AvgIpc) is 2.37. The van der Waals surface area contributed by atoms with Crippen LogP contribution in [0.4, 0.5) is 0 Å². The molecule has 0 saturated heterocycles. The van der Waals surface area contributed by atoms with Crippen LogP contribution in [0.25, 0.3) is 0 Å². The molecule has 0 atom stereocenters. The van der Waals surface area contributed by atoms with E-state index in [1.54, 1.807) is 20.8 Å². The van der Waals surface area contributed by atoms with Gasteiger partial charge in [0.25, 0.3) is 5.91 Å². The summed E-state index contributed by atoms with van der Waals surface area (Å²) in [4.78, 5) is 11.9. The first-order valence-corrected chi connectivity index (χ1v) is 9.84. The van der Waals surface area contributed by atoms with Gasteiger partial charge in [0, 0.05) is 12.1 Å². The number of carbonyl (C=O) groups excluding carboxylic acids is 1. The van der Waals surface area contributed by atoms with E-state index >= 15 is 0 Å². The topological polar surface area (TPSA) is 123 Å². The monoisotopic (exact) mass is 348 g/mol. The summed E-state index contributed by atoms with van der Waals surface area (Å²) < 4.78 is 45.9. The Hall–Kier alpha value is -1.45. The second kappa shape index (κ2) is 6.76. The summed E-state index contributed by atoms with van der Waals surface area (Å²) in [7, 11) is -7.15. The molecule has 0 fully saturated rings. The molecule has 1 aromatic rings. The Morgan fingerprint density at radius 2 is 1.82 bits per heavy atom. The Balaban J connectivity index is 2.87. The van der Waals surface area contributed by atoms with Crippen LogP contribution in [0.15, 0.2) is 23.1 Å². The SMILES string of the molecule is Cc1ccc(S(N)(=O)=O)cc1C(=O)NCCS(=O)(=O)C(C)C. The third-order valence-electron chi connectivity index (χ3n) is 3.17. The van der Waals surface area contributed by atoms with Gasteiger partial charge >= 0.3 is 0 Å². The number of amides is 1. The summed E-state index contributed by atoms with van der Waals surface area (Å²) in [6.45, 7) is 4.73. The molecule has 9 heteroatoms. The van der Waals surface area contributed by atoms with Crippen molar-refractivity contribution in [3.8, 4) is 0 Å². The van der Waals surface area contributed by atoms with Gasteiger partial charge in [0.1, 0.15) is 0 Å². The van der Waals surface area contributed by atoms with E-state index in [-0.39, 0.29) is 22.8 Å². The second-order valence-electron chi connectivity index (χ2n) is 5.19. The molecule has 1 rings (SSSR count). The fourth-order valence-corrected chi connectivity index (χ4v) is 3.06. The van der Waals surface area contributed by atoms with Crippen LogP contribution in [0.3, 0.4) is 0 Å². The maximum absolute atomic E-state index is 12.1. The van der Waals surface area contributed by atoms with Crippen LogP contribution in [0, 0.1) is 6.92 Å². The second-order valence-corrected chi connectivity index (χ2v) is 9.43. The third kappa shape index (κ3) is 4.79. The van der Waals surface area contributed by atoms with Crippen LogP contribution in [-0.2, 0) is 19.9 Å². The van der Waals surface area contributed by atoms with Gasteiger partial charge in [-0.05, 0) is 38.5 Å². The zero-order valence-corrected chi connectivity index (χ0v) is 14.3. The van der Waals surface area contributed by atoms with Crippen molar-refractivity contribution in [2.75, 3.05) is 12.3 Å². The van der Waals surface area contributed by atoms with Crippen molar-refractivity contribution in [3.63, 3.8) is 0 Å². The van der Waals surface area contributed by atoms with E-state index in [2.05, 4.69) is 5.32 Å². The molecule has 124 valence electrons. The average molecular weight is 348 g/mol. The Bertz CT molecular complexity index is 768. The van der Waals surface area contributed by atoms with Gasteiger partial charge in [-0.25, -0.2) is 22.0 Å². The standard InChI is InChI=1S/C13H20N2O5S2/c1-9(2)21(17,18)7-6-15-13(16)12-8-11(22(14,19)20)5-4-10(12)3/h4-5,8-9H,6-7H2,1-3H3,(H,15,16)(H2,14,19,20). The lowest BCUT2D eigenvalue weighted by Gasteiger charge is -2.11. The predicted molar refractivity (Wildman–Crippen MR) is 83.8 cm³/mol. The van der Waals surface area contributed by atoms with Crippen LogP contribution < -0.4 is 10.5 Å². The van der Waals surface area contributed by atoms with E-state index in [0.717, 1.165) is 0 Å². The number of benzene rings is 1. The predicted octanol–water partition coefficient (Wildman–Crippen LogP) is 0.195. The molecule has 0 saturated carbocycles. The first kappa shape index (κ1) is 18.6. The normalized spacial score (nSPS) is 12.4. The third-order valence-corrected chi connectivity index (χ3v) is 6.29. The molecule has 0 aliphatic carbocycles. The van der Waals surface area contributed by atoms with Crippen LogP contribution in [-0.4, -0.2) is 40.3 Å². The van der Waals surface area contributed by atoms with Gasteiger partial charge in [0.05, 0.1) is 15.9 Å². The molecular formula is C13H20N2O5S2. The maximum Gasteiger partial charge on any atom is 0.251 e. The lowest BCUT2D eigenvalue weighted by molar-refractivity contribution is 0.0955. The van der Waals surface area contributed by atoms with Gasteiger partial charge in [-0.1, -0.05) is 6.07 Å². The van der Waals surface area contributed by atoms with Crippen molar-refractivity contribution in [2.24, 2.45) is 5.14 Å². The van der Waals surface area contributed by atoms with Gasteiger partial charge in [0.15, 0.2) is 9.84 Å². The van der Waals surface area contributed by atoms with Crippen molar-refractivity contribution < 1.29 is 21.6 Å². The molecule has 0 aliphatic rings. The summed E-state index contributed by atoms with van der Waals surface area (Å²) >= 11 is 0. The molecule has 1 amide bonds. The maximum atomic E-state index is 12.1. The van der Waals surface area contributed by atoms with Crippen molar-refractivity contribution >= 4 is 25.8 Å². The minimum atomic E-state index is -3.91. The van der Waals surface area contributed by atoms with E-state index < -0.39 is 31.0 Å². The quantitative estimate of drug-likeness (QED) is 0.760. The number of hydrogen-bond donors (Lipinski definition) is 2. The summed E-state index contributed by atoms with van der Waals surface area (Å²) in [5, 5.41) is 6.99. The summed E-state index contributed by atoms with van der Waals surface area (Å²) in [5.74, 6) is -0.716. The van der Waals surface area contributed by atoms with Crippen LogP contribution in [0.5, 0.6) is 0 Å². The Morgan fingerprint density at radius 3 is 2.32 bits per heavy atom. The number of sulfone groups is 1. The number of sulfonamides is 1. The number of carbonyl (C=O) groups is 1. The van der Waals surface area contributed by atoms with Crippen LogP contribution in [0.1, 0.15) is 29.8 Å². The fraction of sp³-hybridized carbons (Fsp3) is 0.462. The highest BCUT2D eigenvalue weighted by atomic mass is 32.2. The Labute approximate surface area is 130 Å². The molecular weight excluding hydrogens is 328 g/mol. The van der Waals surface area contributed by atoms with Crippen molar-refractivity contribution in [1.29, 1.82) is 0 Å². The minimum absolute atomic E-state index is 0.0433. The largest absolute Gasteiger partial charge is 0.351 e. The first-order valence-electron chi connectivity index (χ1n) is 6.58. The molecule has 0 aliphatic heterocycles. The first-order chi connectivity index (χ1) is 9.95. The van der Waals surface area contributed by atoms with Gasteiger partial charge in [-0.2, -0.15) is 0 Å². The van der Waals surface area contributed by atoms with E-state index in [9.17, 15) is 21.6 Å². The van der Waals surface area contributed by atoms with Gasteiger partial charge in [-0.3, -0.25) is 4.79 Å². The van der Waals surface area contributed by atoms with E-state index in [4.69, 9.17) is 5.14 Å². The van der Waals surface area contributed by atoms with E-state index in [1.165, 1.54) is 18.2 Å². The van der Waals surface area contributed by atoms with Crippen LogP contribution in [0.2, 0.25) is 0 Å². The molecule has 0 heterocycles. The van der Waals surface area contributed by atoms with Gasteiger partial charge in [0.2, 0.25) is 10.0 Å². The highest BCUT2D eigenvalue weighted by Crippen LogP contribution is 2.14. The highest BCUT2D eigenvalue weighted by molar-refractivity contribution is 7.92. The Kier molecular flexibility index (Phi) is 5.71. The molecule has 0 aromatic heterocycles. The summed E-state index contributed by atoms with van der Waals surface area (Å²) in [6, 6.07) is 3.96. The molecule has 0 unspecified atom stereocenters. The van der Waals surface area contributed by atoms with Crippen molar-refractivity contribution in [3.05, 3.63) is 29.3 Å². The molecule has 0 bridgehead atoms. The lowest BCUT2D eigenvalue weighted by Crippen LogP contribution is -2.32. The summed E-state index contributed by atoms with van der Waals surface area (Å²) in [6.07, 6.45) is 0. The fourth-order valence-electron chi connectivity index (χ4n) is 1.66. The lowest BCUT2D eigenvalue weighted by atomic mass is 10.1. The van der Waals surface area contributed by atoms with Crippen molar-refractivity contribution in [1.82, 2.24) is 5.32 Å². The van der Waals surface area contributed by atoms with E-state index in [1.807, 2.05) is 0 Å². The molecule has 1 aromatic carbocycles. The summed E-state index contributed by atoms with van der Waals surface area (Å²) in [5.41, 5.74) is 0.713. The molecule has 0 radical (unpaired) electrons. The minimum Gasteiger partial charge on any atom is -0.351 e. The van der Waals surface area contributed by atoms with Gasteiger partial charge < -0.3 is 5.32 Å². The Morgan fingerprint density at radius 1 is 1.23 bits per heavy atom. The number of rotatable bonds is 6. The number of aryl methyl sites for hydroxylation is 1. The molecule has 7 nitrogen and oxygen atoms in total. The van der Waals surface area contributed by atoms with Gasteiger partial charge in [-0.15, -0.1) is 0 Å². The number of primary sulfonamides is 1. The molecule has 0 spiro atoms. The van der Waals surface area contributed by atoms with E-state index in [0.29, 0.717) is 5.56 Å².